The number of thiazole rings is 1. The van der Waals surface area contributed by atoms with Gasteiger partial charge in [0.1, 0.15) is 17.4 Å². The highest BCUT2D eigenvalue weighted by atomic mass is 32.2. The van der Waals surface area contributed by atoms with Crippen LogP contribution in [0.15, 0.2) is 46.9 Å². The minimum absolute atomic E-state index is 0.272. The van der Waals surface area contributed by atoms with Gasteiger partial charge >= 0.3 is 0 Å². The Hall–Kier alpha value is -3.04. The van der Waals surface area contributed by atoms with Crippen LogP contribution in [0.25, 0.3) is 10.6 Å². The van der Waals surface area contributed by atoms with Crippen molar-refractivity contribution in [1.82, 2.24) is 19.7 Å². The molecule has 5 rings (SSSR count). The second-order valence-electron chi connectivity index (χ2n) is 7.70. The molecule has 9 heteroatoms. The van der Waals surface area contributed by atoms with Crippen LogP contribution in [0.4, 0.5) is 0 Å². The fraction of sp³-hybridized carbons (Fsp3) is 0.292. The number of thioether (sulfide) groups is 1. The lowest BCUT2D eigenvalue weighted by Crippen LogP contribution is -2.07. The first-order chi connectivity index (χ1) is 16.1. The number of hydrogen-bond acceptors (Lipinski definition) is 8. The van der Waals surface area contributed by atoms with E-state index in [4.69, 9.17) is 19.2 Å². The van der Waals surface area contributed by atoms with E-state index in [1.165, 1.54) is 5.56 Å². The minimum Gasteiger partial charge on any atom is -0.485 e. The summed E-state index contributed by atoms with van der Waals surface area (Å²) >= 11 is 3.26. The molecule has 0 fully saturated rings. The molecule has 1 aliphatic rings. The summed E-state index contributed by atoms with van der Waals surface area (Å²) in [6, 6.07) is 12.1. The lowest BCUT2D eigenvalue weighted by molar-refractivity contribution is 0.174. The number of aromatic nitrogens is 4. The molecule has 0 aliphatic carbocycles. The molecule has 1 aliphatic heterocycles. The van der Waals surface area contributed by atoms with Gasteiger partial charge in [0.05, 0.1) is 5.69 Å². The molecular weight excluding hydrogens is 456 g/mol. The van der Waals surface area contributed by atoms with E-state index in [0.717, 1.165) is 62.4 Å². The Labute approximate surface area is 200 Å². The molecule has 0 bridgehead atoms. The zero-order chi connectivity index (χ0) is 22.8. The molecule has 0 atom stereocenters. The molecule has 3 heterocycles. The second kappa shape index (κ2) is 9.44. The molecule has 4 aromatic rings. The number of ether oxygens (including phenoxy) is 3. The van der Waals surface area contributed by atoms with E-state index in [9.17, 15) is 0 Å². The Balaban J connectivity index is 1.24. The Morgan fingerprint density at radius 3 is 2.85 bits per heavy atom. The third kappa shape index (κ3) is 4.69. The van der Waals surface area contributed by atoms with E-state index >= 15 is 0 Å². The van der Waals surface area contributed by atoms with Crippen LogP contribution in [-0.4, -0.2) is 26.5 Å². The lowest BCUT2D eigenvalue weighted by atomic mass is 10.1. The average molecular weight is 481 g/mol. The number of hydrogen-bond donors (Lipinski definition) is 0. The van der Waals surface area contributed by atoms with Crippen molar-refractivity contribution in [2.45, 2.75) is 44.8 Å². The topological polar surface area (TPSA) is 71.3 Å². The lowest BCUT2D eigenvalue weighted by Gasteiger charge is -2.11. The molecule has 0 radical (unpaired) electrons. The Bertz CT molecular complexity index is 1280. The highest BCUT2D eigenvalue weighted by Crippen LogP contribution is 2.37. The molecule has 170 valence electrons. The fourth-order valence-corrected chi connectivity index (χ4v) is 5.37. The molecule has 0 saturated heterocycles. The second-order valence-corrected chi connectivity index (χ2v) is 9.50. The molecular formula is C24H24N4O3S2. The van der Waals surface area contributed by atoms with E-state index < -0.39 is 0 Å². The largest absolute Gasteiger partial charge is 0.485 e. The van der Waals surface area contributed by atoms with Crippen molar-refractivity contribution in [3.8, 4) is 27.8 Å². The summed E-state index contributed by atoms with van der Waals surface area (Å²) in [5.74, 6) is 3.97. The van der Waals surface area contributed by atoms with Gasteiger partial charge in [0.25, 0.3) is 0 Å². The highest BCUT2D eigenvalue weighted by Gasteiger charge is 2.16. The third-order valence-corrected chi connectivity index (χ3v) is 7.27. The van der Waals surface area contributed by atoms with Gasteiger partial charge < -0.3 is 18.8 Å². The van der Waals surface area contributed by atoms with Crippen LogP contribution in [0, 0.1) is 13.8 Å². The fourth-order valence-electron chi connectivity index (χ4n) is 3.53. The molecule has 2 aromatic heterocycles. The Morgan fingerprint density at radius 2 is 1.97 bits per heavy atom. The number of rotatable bonds is 8. The first-order valence-corrected chi connectivity index (χ1v) is 12.6. The third-order valence-electron chi connectivity index (χ3n) is 5.33. The quantitative estimate of drug-likeness (QED) is 0.302. The highest BCUT2D eigenvalue weighted by molar-refractivity contribution is 7.98. The molecule has 0 spiro atoms. The number of fused-ring (bicyclic) bond motifs is 1. The summed E-state index contributed by atoms with van der Waals surface area (Å²) in [6.07, 6.45) is 0. The van der Waals surface area contributed by atoms with Gasteiger partial charge in [0, 0.05) is 23.2 Å². The van der Waals surface area contributed by atoms with Crippen molar-refractivity contribution in [2.75, 3.05) is 6.79 Å². The van der Waals surface area contributed by atoms with Crippen LogP contribution in [0.2, 0.25) is 0 Å². The normalized spacial score (nSPS) is 12.3. The molecule has 7 nitrogen and oxygen atoms in total. The van der Waals surface area contributed by atoms with Gasteiger partial charge in [0.2, 0.25) is 6.79 Å². The summed E-state index contributed by atoms with van der Waals surface area (Å²) in [6.45, 7) is 7.64. The van der Waals surface area contributed by atoms with Crippen LogP contribution < -0.4 is 14.2 Å². The van der Waals surface area contributed by atoms with Crippen molar-refractivity contribution in [1.29, 1.82) is 0 Å². The molecule has 2 aromatic carbocycles. The SMILES string of the molecule is CCn1c(COc2cc(C)ccc2C)nnc1SCc1csc(-c2ccc3c(c2)OCO3)n1. The monoisotopic (exact) mass is 480 g/mol. The maximum Gasteiger partial charge on any atom is 0.231 e. The minimum atomic E-state index is 0.272. The van der Waals surface area contributed by atoms with Crippen LogP contribution in [0.3, 0.4) is 0 Å². The van der Waals surface area contributed by atoms with Crippen LogP contribution in [0.1, 0.15) is 29.6 Å². The van der Waals surface area contributed by atoms with Crippen molar-refractivity contribution in [2.24, 2.45) is 0 Å². The number of nitrogens with zero attached hydrogens (tertiary/aromatic N) is 4. The van der Waals surface area contributed by atoms with E-state index in [-0.39, 0.29) is 6.79 Å². The predicted octanol–water partition coefficient (Wildman–Crippen LogP) is 5.64. The standard InChI is InChI=1S/C24H24N4O3S2/c1-4-28-22(11-29-20-9-15(2)5-6-16(20)3)26-27-24(28)33-13-18-12-32-23(25-18)17-7-8-19-21(10-17)31-14-30-19/h5-10,12H,4,11,13-14H2,1-3H3. The number of aryl methyl sites for hydroxylation is 2. The smallest absolute Gasteiger partial charge is 0.231 e. The molecule has 33 heavy (non-hydrogen) atoms. The van der Waals surface area contributed by atoms with Crippen LogP contribution >= 0.6 is 23.1 Å². The van der Waals surface area contributed by atoms with Gasteiger partial charge in [0.15, 0.2) is 22.5 Å². The van der Waals surface area contributed by atoms with Gasteiger partial charge in [-0.1, -0.05) is 23.9 Å². The van der Waals surface area contributed by atoms with Gasteiger partial charge in [-0.05, 0) is 56.2 Å². The maximum atomic E-state index is 6.04. The van der Waals surface area contributed by atoms with E-state index in [0.29, 0.717) is 6.61 Å². The van der Waals surface area contributed by atoms with Gasteiger partial charge in [-0.15, -0.1) is 21.5 Å². The van der Waals surface area contributed by atoms with Gasteiger partial charge in [-0.2, -0.15) is 0 Å². The Kier molecular flexibility index (Phi) is 6.24. The number of benzene rings is 2. The van der Waals surface area contributed by atoms with Crippen molar-refractivity contribution in [3.05, 3.63) is 64.4 Å². The van der Waals surface area contributed by atoms with Gasteiger partial charge in [-0.3, -0.25) is 0 Å². The van der Waals surface area contributed by atoms with E-state index in [1.807, 2.05) is 25.1 Å². The summed E-state index contributed by atoms with van der Waals surface area (Å²) in [7, 11) is 0. The van der Waals surface area contributed by atoms with Crippen molar-refractivity contribution < 1.29 is 14.2 Å². The predicted molar refractivity (Wildman–Crippen MR) is 129 cm³/mol. The molecule has 0 N–H and O–H groups in total. The summed E-state index contributed by atoms with van der Waals surface area (Å²) < 4.78 is 19.0. The first kappa shape index (κ1) is 21.8. The summed E-state index contributed by atoms with van der Waals surface area (Å²) in [5, 5.41) is 12.7. The van der Waals surface area contributed by atoms with Gasteiger partial charge in [-0.25, -0.2) is 4.98 Å². The van der Waals surface area contributed by atoms with E-state index in [2.05, 4.69) is 52.2 Å². The summed E-state index contributed by atoms with van der Waals surface area (Å²) in [5.41, 5.74) is 4.33. The molecule has 0 unspecified atom stereocenters. The zero-order valence-electron chi connectivity index (χ0n) is 18.7. The first-order valence-electron chi connectivity index (χ1n) is 10.7. The van der Waals surface area contributed by atoms with E-state index in [1.54, 1.807) is 23.1 Å². The maximum absolute atomic E-state index is 6.04. The van der Waals surface area contributed by atoms with Crippen molar-refractivity contribution in [3.63, 3.8) is 0 Å². The average Bonchev–Trinajstić information content (AvgIpc) is 3.56. The Morgan fingerprint density at radius 1 is 1.09 bits per heavy atom. The zero-order valence-corrected chi connectivity index (χ0v) is 20.3. The molecule has 0 saturated carbocycles. The molecule has 0 amide bonds. The summed E-state index contributed by atoms with van der Waals surface area (Å²) in [4.78, 5) is 4.80. The van der Waals surface area contributed by atoms with Crippen molar-refractivity contribution >= 4 is 23.1 Å². The van der Waals surface area contributed by atoms with Crippen LogP contribution in [-0.2, 0) is 18.9 Å². The van der Waals surface area contributed by atoms with Crippen LogP contribution in [0.5, 0.6) is 17.2 Å².